The molecule has 5 nitrogen and oxygen atoms in total. The molecule has 1 saturated carbocycles. The van der Waals surface area contributed by atoms with Crippen molar-refractivity contribution in [3.63, 3.8) is 0 Å². The van der Waals surface area contributed by atoms with Gasteiger partial charge in [0.25, 0.3) is 5.91 Å². The Morgan fingerprint density at radius 3 is 2.68 bits per heavy atom. The first kappa shape index (κ1) is 14.0. The quantitative estimate of drug-likeness (QED) is 0.888. The van der Waals surface area contributed by atoms with Crippen LogP contribution in [-0.4, -0.2) is 27.5 Å². The minimum absolute atomic E-state index is 0.295. The monoisotopic (exact) mass is 282 g/mol. The number of nitrogens with one attached hydrogen (secondary N) is 1. The van der Waals surface area contributed by atoms with Gasteiger partial charge in [0.2, 0.25) is 0 Å². The topological polar surface area (TPSA) is 79.3 Å². The van der Waals surface area contributed by atoms with Gasteiger partial charge in [0, 0.05) is 5.38 Å². The largest absolute Gasteiger partial charge is 0.480 e. The predicted octanol–water partition coefficient (Wildman–Crippen LogP) is 2.30. The van der Waals surface area contributed by atoms with E-state index in [1.165, 1.54) is 11.3 Å². The molecular weight excluding hydrogens is 264 g/mol. The normalized spacial score (nSPS) is 26.9. The lowest BCUT2D eigenvalue weighted by molar-refractivity contribution is -0.146. The summed E-state index contributed by atoms with van der Waals surface area (Å²) in [7, 11) is 0. The van der Waals surface area contributed by atoms with Crippen LogP contribution in [0.15, 0.2) is 10.9 Å². The minimum atomic E-state index is -1.12. The molecule has 0 unspecified atom stereocenters. The molecule has 1 heterocycles. The summed E-state index contributed by atoms with van der Waals surface area (Å²) in [5, 5.41) is 13.8. The second-order valence-electron chi connectivity index (χ2n) is 5.07. The number of thiazole rings is 1. The average molecular weight is 282 g/mol. The van der Waals surface area contributed by atoms with E-state index in [9.17, 15) is 14.7 Å². The Bertz CT molecular complexity index is 450. The molecule has 1 fully saturated rings. The minimum Gasteiger partial charge on any atom is -0.480 e. The first-order chi connectivity index (χ1) is 9.07. The van der Waals surface area contributed by atoms with E-state index in [0.29, 0.717) is 24.5 Å². The maximum atomic E-state index is 12.0. The van der Waals surface area contributed by atoms with Crippen molar-refractivity contribution in [1.29, 1.82) is 0 Å². The van der Waals surface area contributed by atoms with Crippen molar-refractivity contribution in [2.24, 2.45) is 5.92 Å². The molecule has 1 amide bonds. The highest BCUT2D eigenvalue weighted by molar-refractivity contribution is 7.07. The van der Waals surface area contributed by atoms with E-state index < -0.39 is 17.4 Å². The Hall–Kier alpha value is -1.43. The van der Waals surface area contributed by atoms with Gasteiger partial charge in [0.05, 0.1) is 5.51 Å². The summed E-state index contributed by atoms with van der Waals surface area (Å²) < 4.78 is 0. The van der Waals surface area contributed by atoms with Gasteiger partial charge in [-0.05, 0) is 31.6 Å². The van der Waals surface area contributed by atoms with Crippen molar-refractivity contribution in [3.05, 3.63) is 16.6 Å². The molecule has 1 aliphatic rings. The summed E-state index contributed by atoms with van der Waals surface area (Å²) in [6.45, 7) is 2.12. The number of aliphatic carboxylic acids is 1. The fourth-order valence-electron chi connectivity index (χ4n) is 2.58. The Morgan fingerprint density at radius 1 is 1.53 bits per heavy atom. The molecule has 0 saturated heterocycles. The standard InChI is InChI=1S/C13H18N2O3S/c1-2-9-3-5-13(6-4-9,12(17)18)15-11(16)10-7-19-8-14-10/h7-9H,2-6H2,1H3,(H,15,16)(H,17,18). The second kappa shape index (κ2) is 5.69. The third-order valence-electron chi connectivity index (χ3n) is 3.96. The van der Waals surface area contributed by atoms with E-state index in [2.05, 4.69) is 17.2 Å². The lowest BCUT2D eigenvalue weighted by atomic mass is 9.75. The number of amides is 1. The molecule has 0 aliphatic heterocycles. The maximum absolute atomic E-state index is 12.0. The number of hydrogen-bond acceptors (Lipinski definition) is 4. The number of aromatic nitrogens is 1. The third-order valence-corrected chi connectivity index (χ3v) is 4.55. The molecule has 0 spiro atoms. The van der Waals surface area contributed by atoms with Crippen LogP contribution in [-0.2, 0) is 4.79 Å². The number of carbonyl (C=O) groups excluding carboxylic acids is 1. The van der Waals surface area contributed by atoms with Gasteiger partial charge in [-0.1, -0.05) is 13.3 Å². The van der Waals surface area contributed by atoms with Crippen molar-refractivity contribution < 1.29 is 14.7 Å². The van der Waals surface area contributed by atoms with Crippen LogP contribution >= 0.6 is 11.3 Å². The second-order valence-corrected chi connectivity index (χ2v) is 5.79. The fourth-order valence-corrected chi connectivity index (χ4v) is 3.11. The smallest absolute Gasteiger partial charge is 0.329 e. The van der Waals surface area contributed by atoms with E-state index in [4.69, 9.17) is 0 Å². The van der Waals surface area contributed by atoms with Gasteiger partial charge in [-0.3, -0.25) is 4.79 Å². The van der Waals surface area contributed by atoms with Crippen LogP contribution in [0.25, 0.3) is 0 Å². The van der Waals surface area contributed by atoms with E-state index in [1.807, 2.05) is 0 Å². The van der Waals surface area contributed by atoms with Crippen molar-refractivity contribution >= 4 is 23.2 Å². The summed E-state index contributed by atoms with van der Waals surface area (Å²) >= 11 is 1.32. The molecule has 2 N–H and O–H groups in total. The Kier molecular flexibility index (Phi) is 4.19. The molecule has 0 radical (unpaired) electrons. The van der Waals surface area contributed by atoms with Crippen LogP contribution in [0.2, 0.25) is 0 Å². The van der Waals surface area contributed by atoms with Crippen molar-refractivity contribution in [1.82, 2.24) is 10.3 Å². The van der Waals surface area contributed by atoms with E-state index >= 15 is 0 Å². The van der Waals surface area contributed by atoms with Crippen LogP contribution in [0.5, 0.6) is 0 Å². The number of nitrogens with zero attached hydrogens (tertiary/aromatic N) is 1. The number of carbonyl (C=O) groups is 2. The Labute approximate surface area is 116 Å². The average Bonchev–Trinajstić information content (AvgIpc) is 2.93. The first-order valence-electron chi connectivity index (χ1n) is 6.51. The zero-order valence-corrected chi connectivity index (χ0v) is 11.7. The van der Waals surface area contributed by atoms with Crippen molar-refractivity contribution in [2.75, 3.05) is 0 Å². The zero-order chi connectivity index (χ0) is 13.9. The molecule has 1 aromatic rings. The summed E-state index contributed by atoms with van der Waals surface area (Å²) in [5.41, 5.74) is 0.742. The highest BCUT2D eigenvalue weighted by atomic mass is 32.1. The van der Waals surface area contributed by atoms with E-state index in [-0.39, 0.29) is 0 Å². The van der Waals surface area contributed by atoms with Gasteiger partial charge in [-0.15, -0.1) is 11.3 Å². The molecule has 1 aliphatic carbocycles. The third kappa shape index (κ3) is 2.94. The summed E-state index contributed by atoms with van der Waals surface area (Å²) in [6.07, 6.45) is 3.75. The van der Waals surface area contributed by atoms with Crippen LogP contribution < -0.4 is 5.32 Å². The van der Waals surface area contributed by atoms with E-state index in [1.54, 1.807) is 10.9 Å². The molecule has 6 heteroatoms. The highest BCUT2D eigenvalue weighted by Crippen LogP contribution is 2.34. The molecular formula is C13H18N2O3S. The van der Waals surface area contributed by atoms with Gasteiger partial charge in [-0.25, -0.2) is 9.78 Å². The van der Waals surface area contributed by atoms with Crippen LogP contribution in [0.4, 0.5) is 0 Å². The fraction of sp³-hybridized carbons (Fsp3) is 0.615. The summed E-state index contributed by atoms with van der Waals surface area (Å²) in [4.78, 5) is 27.5. The lowest BCUT2D eigenvalue weighted by Gasteiger charge is -2.37. The number of carboxylic acids is 1. The van der Waals surface area contributed by atoms with E-state index in [0.717, 1.165) is 19.3 Å². The maximum Gasteiger partial charge on any atom is 0.329 e. The Morgan fingerprint density at radius 2 is 2.21 bits per heavy atom. The van der Waals surface area contributed by atoms with Crippen molar-refractivity contribution in [3.8, 4) is 0 Å². The first-order valence-corrected chi connectivity index (χ1v) is 7.46. The van der Waals surface area contributed by atoms with Crippen molar-refractivity contribution in [2.45, 2.75) is 44.6 Å². The van der Waals surface area contributed by atoms with Crippen LogP contribution in [0.3, 0.4) is 0 Å². The lowest BCUT2D eigenvalue weighted by Crippen LogP contribution is -2.56. The molecule has 2 rings (SSSR count). The summed E-state index contributed by atoms with van der Waals surface area (Å²) in [6, 6.07) is 0. The van der Waals surface area contributed by atoms with Gasteiger partial charge < -0.3 is 10.4 Å². The predicted molar refractivity (Wildman–Crippen MR) is 72.2 cm³/mol. The molecule has 0 aromatic carbocycles. The molecule has 0 atom stereocenters. The zero-order valence-electron chi connectivity index (χ0n) is 10.9. The number of rotatable bonds is 4. The van der Waals surface area contributed by atoms with Gasteiger partial charge in [0.1, 0.15) is 11.2 Å². The molecule has 104 valence electrons. The molecule has 0 bridgehead atoms. The Balaban J connectivity index is 2.09. The number of carboxylic acid groups (broad SMARTS) is 1. The molecule has 19 heavy (non-hydrogen) atoms. The van der Waals surface area contributed by atoms with Gasteiger partial charge in [-0.2, -0.15) is 0 Å². The van der Waals surface area contributed by atoms with Crippen LogP contribution in [0.1, 0.15) is 49.5 Å². The number of hydrogen-bond donors (Lipinski definition) is 2. The SMILES string of the molecule is CCC1CCC(NC(=O)c2cscn2)(C(=O)O)CC1. The highest BCUT2D eigenvalue weighted by Gasteiger charge is 2.43. The van der Waals surface area contributed by atoms with Gasteiger partial charge >= 0.3 is 5.97 Å². The molecule has 1 aromatic heterocycles. The van der Waals surface area contributed by atoms with Gasteiger partial charge in [0.15, 0.2) is 0 Å². The summed E-state index contributed by atoms with van der Waals surface area (Å²) in [5.74, 6) is -0.757. The van der Waals surface area contributed by atoms with Crippen LogP contribution in [0, 0.1) is 5.92 Å².